The van der Waals surface area contributed by atoms with Crippen LogP contribution in [0, 0.1) is 10.1 Å². The van der Waals surface area contributed by atoms with Gasteiger partial charge in [0.25, 0.3) is 11.6 Å². The molecule has 0 fully saturated rings. The van der Waals surface area contributed by atoms with Gasteiger partial charge in [0, 0.05) is 17.5 Å². The van der Waals surface area contributed by atoms with Crippen molar-refractivity contribution in [2.45, 2.75) is 6.42 Å². The first-order valence-electron chi connectivity index (χ1n) is 7.02. The number of fused-ring (bicyclic) bond motifs is 1. The van der Waals surface area contributed by atoms with Crippen molar-refractivity contribution in [2.75, 3.05) is 0 Å². The van der Waals surface area contributed by atoms with Gasteiger partial charge in [0.15, 0.2) is 5.69 Å². The number of amides is 1. The summed E-state index contributed by atoms with van der Waals surface area (Å²) in [5.41, 5.74) is 1.10. The van der Waals surface area contributed by atoms with Crippen molar-refractivity contribution >= 4 is 28.2 Å². The first-order chi connectivity index (χ1) is 11.5. The third-order valence-corrected chi connectivity index (χ3v) is 3.41. The fraction of sp³-hybridized carbons (Fsp3) is 0.0625. The van der Waals surface area contributed by atoms with Gasteiger partial charge in [-0.25, -0.2) is 0 Å². The van der Waals surface area contributed by atoms with Crippen LogP contribution in [-0.4, -0.2) is 20.9 Å². The van der Waals surface area contributed by atoms with E-state index < -0.39 is 10.8 Å². The molecule has 0 saturated heterocycles. The van der Waals surface area contributed by atoms with E-state index in [1.807, 2.05) is 18.2 Å². The van der Waals surface area contributed by atoms with E-state index in [4.69, 9.17) is 0 Å². The number of benzene rings is 2. The largest absolute Gasteiger partial charge is 0.493 e. The van der Waals surface area contributed by atoms with Crippen molar-refractivity contribution in [3.63, 3.8) is 0 Å². The third-order valence-electron chi connectivity index (χ3n) is 3.41. The van der Waals surface area contributed by atoms with Gasteiger partial charge in [-0.1, -0.05) is 30.3 Å². The summed E-state index contributed by atoms with van der Waals surface area (Å²) in [4.78, 5) is 24.8. The van der Waals surface area contributed by atoms with Crippen molar-refractivity contribution in [3.05, 3.63) is 64.2 Å². The number of carbonyl (C=O) groups excluding carboxylic acids is 1. The van der Waals surface area contributed by atoms with E-state index in [1.165, 1.54) is 18.2 Å². The number of aromatic amines is 1. The lowest BCUT2D eigenvalue weighted by atomic mass is 10.1. The zero-order valence-electron chi connectivity index (χ0n) is 12.3. The smallest absolute Gasteiger partial charge is 0.270 e. The quantitative estimate of drug-likeness (QED) is 0.432. The molecule has 8 nitrogen and oxygen atoms in total. The Morgan fingerprint density at radius 2 is 1.96 bits per heavy atom. The molecule has 0 aliphatic carbocycles. The Labute approximate surface area is 135 Å². The van der Waals surface area contributed by atoms with Crippen LogP contribution in [0.3, 0.4) is 0 Å². The summed E-state index contributed by atoms with van der Waals surface area (Å²) in [6.45, 7) is 0. The molecule has 0 bridgehead atoms. The van der Waals surface area contributed by atoms with Crippen LogP contribution < -0.4 is 0 Å². The molecule has 1 amide bonds. The number of nitrogens with zero attached hydrogens (tertiary/aromatic N) is 3. The second kappa shape index (κ2) is 6.29. The fourth-order valence-electron chi connectivity index (χ4n) is 2.28. The normalized spacial score (nSPS) is 11.2. The van der Waals surface area contributed by atoms with Crippen LogP contribution in [0.4, 0.5) is 11.4 Å². The minimum Gasteiger partial charge on any atom is -0.493 e. The van der Waals surface area contributed by atoms with E-state index >= 15 is 0 Å². The predicted molar refractivity (Wildman–Crippen MR) is 86.3 cm³/mol. The molecule has 3 rings (SSSR count). The molecular weight excluding hydrogens is 312 g/mol. The Hall–Kier alpha value is -3.55. The van der Waals surface area contributed by atoms with Gasteiger partial charge in [0.05, 0.1) is 16.9 Å². The van der Waals surface area contributed by atoms with Crippen molar-refractivity contribution in [1.29, 1.82) is 0 Å². The molecule has 24 heavy (non-hydrogen) atoms. The van der Waals surface area contributed by atoms with E-state index in [0.717, 1.165) is 5.56 Å². The molecule has 0 aliphatic heterocycles. The van der Waals surface area contributed by atoms with Gasteiger partial charge in [-0.2, -0.15) is 0 Å². The van der Waals surface area contributed by atoms with Gasteiger partial charge in [0.2, 0.25) is 5.88 Å². The number of non-ortho nitro benzene ring substituents is 1. The molecule has 0 saturated carbocycles. The van der Waals surface area contributed by atoms with E-state index in [1.54, 1.807) is 12.1 Å². The number of nitro benzene ring substituents is 1. The molecule has 0 aliphatic rings. The van der Waals surface area contributed by atoms with Gasteiger partial charge < -0.3 is 10.1 Å². The SMILES string of the molecule is O=C(Cc1ccccc1)N=Nc1c(O)[nH]c2ccc([N+](=O)[O-])cc12. The Morgan fingerprint density at radius 1 is 1.21 bits per heavy atom. The van der Waals surface area contributed by atoms with Crippen LogP contribution in [0.25, 0.3) is 10.9 Å². The first-order valence-corrected chi connectivity index (χ1v) is 7.02. The summed E-state index contributed by atoms with van der Waals surface area (Å²) < 4.78 is 0. The number of H-pyrrole nitrogens is 1. The monoisotopic (exact) mass is 324 g/mol. The molecular formula is C16H12N4O4. The third kappa shape index (κ3) is 3.12. The summed E-state index contributed by atoms with van der Waals surface area (Å²) in [7, 11) is 0. The summed E-state index contributed by atoms with van der Waals surface area (Å²) in [6.07, 6.45) is 0.0770. The molecule has 8 heteroatoms. The average Bonchev–Trinajstić information content (AvgIpc) is 2.88. The fourth-order valence-corrected chi connectivity index (χ4v) is 2.28. The Morgan fingerprint density at radius 3 is 2.67 bits per heavy atom. The lowest BCUT2D eigenvalue weighted by Crippen LogP contribution is -1.97. The van der Waals surface area contributed by atoms with E-state index in [-0.39, 0.29) is 23.7 Å². The number of nitrogens with one attached hydrogen (secondary N) is 1. The lowest BCUT2D eigenvalue weighted by molar-refractivity contribution is -0.384. The van der Waals surface area contributed by atoms with Crippen molar-refractivity contribution in [3.8, 4) is 5.88 Å². The number of hydrogen-bond acceptors (Lipinski definition) is 5. The lowest BCUT2D eigenvalue weighted by Gasteiger charge is -1.95. The van der Waals surface area contributed by atoms with Crippen molar-refractivity contribution in [1.82, 2.24) is 4.98 Å². The minimum absolute atomic E-state index is 0.00453. The van der Waals surface area contributed by atoms with Crippen LogP contribution in [0.1, 0.15) is 5.56 Å². The van der Waals surface area contributed by atoms with Gasteiger partial charge in [0.1, 0.15) is 0 Å². The van der Waals surface area contributed by atoms with Gasteiger partial charge in [-0.05, 0) is 11.6 Å². The molecule has 0 atom stereocenters. The summed E-state index contributed by atoms with van der Waals surface area (Å²) in [5, 5.41) is 28.4. The topological polar surface area (TPSA) is 121 Å². The zero-order valence-corrected chi connectivity index (χ0v) is 12.3. The number of azo groups is 1. The number of rotatable bonds is 4. The molecule has 1 heterocycles. The summed E-state index contributed by atoms with van der Waals surface area (Å²) in [6, 6.07) is 13.1. The van der Waals surface area contributed by atoms with Crippen LogP contribution in [-0.2, 0) is 11.2 Å². The summed E-state index contributed by atoms with van der Waals surface area (Å²) in [5.74, 6) is -0.790. The molecule has 3 aromatic rings. The van der Waals surface area contributed by atoms with Crippen molar-refractivity contribution in [2.24, 2.45) is 10.2 Å². The van der Waals surface area contributed by atoms with Crippen LogP contribution in [0.2, 0.25) is 0 Å². The molecule has 0 unspecified atom stereocenters. The molecule has 120 valence electrons. The number of aromatic hydroxyl groups is 1. The van der Waals surface area contributed by atoms with E-state index in [2.05, 4.69) is 15.2 Å². The highest BCUT2D eigenvalue weighted by Crippen LogP contribution is 2.37. The van der Waals surface area contributed by atoms with Crippen LogP contribution >= 0.6 is 0 Å². The second-order valence-corrected chi connectivity index (χ2v) is 5.07. The number of nitro groups is 1. The predicted octanol–water partition coefficient (Wildman–Crippen LogP) is 3.63. The highest BCUT2D eigenvalue weighted by atomic mass is 16.6. The summed E-state index contributed by atoms with van der Waals surface area (Å²) >= 11 is 0. The van der Waals surface area contributed by atoms with Crippen LogP contribution in [0.5, 0.6) is 5.88 Å². The second-order valence-electron chi connectivity index (χ2n) is 5.07. The number of aromatic nitrogens is 1. The number of hydrogen-bond donors (Lipinski definition) is 2. The van der Waals surface area contributed by atoms with Crippen molar-refractivity contribution < 1.29 is 14.8 Å². The van der Waals surface area contributed by atoms with E-state index in [9.17, 15) is 20.0 Å². The Bertz CT molecular complexity index is 947. The van der Waals surface area contributed by atoms with Gasteiger partial charge in [-0.15, -0.1) is 10.2 Å². The highest BCUT2D eigenvalue weighted by Gasteiger charge is 2.15. The number of carbonyl (C=O) groups is 1. The highest BCUT2D eigenvalue weighted by molar-refractivity contribution is 5.95. The molecule has 2 N–H and O–H groups in total. The van der Waals surface area contributed by atoms with Crippen LogP contribution in [0.15, 0.2) is 58.8 Å². The Kier molecular flexibility index (Phi) is 4.02. The van der Waals surface area contributed by atoms with Gasteiger partial charge >= 0.3 is 0 Å². The van der Waals surface area contributed by atoms with E-state index in [0.29, 0.717) is 10.9 Å². The average molecular weight is 324 g/mol. The zero-order chi connectivity index (χ0) is 17.1. The maximum Gasteiger partial charge on any atom is 0.270 e. The molecule has 2 aromatic carbocycles. The molecule has 0 spiro atoms. The molecule has 0 radical (unpaired) electrons. The molecule has 1 aromatic heterocycles. The maximum atomic E-state index is 11.9. The standard InChI is InChI=1S/C16H12N4O4/c21-14(8-10-4-2-1-3-5-10)18-19-15-12-9-11(20(23)24)6-7-13(12)17-16(15)22/h1-7,9,17,22H,8H2. The first kappa shape index (κ1) is 15.3. The Balaban J connectivity index is 1.88. The minimum atomic E-state index is -0.551. The maximum absolute atomic E-state index is 11.9. The van der Waals surface area contributed by atoms with Gasteiger partial charge in [-0.3, -0.25) is 14.9 Å².